The number of nitriles is 1. The van der Waals surface area contributed by atoms with Gasteiger partial charge in [-0.05, 0) is 42.8 Å². The zero-order chi connectivity index (χ0) is 19.9. The number of nitrogens with zero attached hydrogens (tertiary/aromatic N) is 2. The van der Waals surface area contributed by atoms with Crippen LogP contribution in [0.4, 0.5) is 5.69 Å². The lowest BCUT2D eigenvalue weighted by Gasteiger charge is -2.21. The highest BCUT2D eigenvalue weighted by atomic mass is 32.2. The maximum absolute atomic E-state index is 12.8. The Morgan fingerprint density at radius 3 is 2.44 bits per heavy atom. The van der Waals surface area contributed by atoms with Crippen LogP contribution in [0, 0.1) is 11.3 Å². The monoisotopic (exact) mass is 388 g/mol. The van der Waals surface area contributed by atoms with Crippen molar-refractivity contribution >= 4 is 21.7 Å². The number of rotatable bonds is 8. The van der Waals surface area contributed by atoms with Crippen LogP contribution in [0.5, 0.6) is 5.75 Å². The summed E-state index contributed by atoms with van der Waals surface area (Å²) in [7, 11) is -0.923. The summed E-state index contributed by atoms with van der Waals surface area (Å²) in [6.07, 6.45) is 0.762. The first kappa shape index (κ1) is 20.3. The molecule has 0 amide bonds. The molecule has 0 N–H and O–H groups in total. The van der Waals surface area contributed by atoms with Crippen molar-refractivity contribution in [2.45, 2.75) is 17.7 Å². The van der Waals surface area contributed by atoms with E-state index in [-0.39, 0.29) is 17.1 Å². The number of unbranched alkanes of at least 4 members (excludes halogenated alkanes) is 1. The minimum Gasteiger partial charge on any atom is -0.495 e. The Kier molecular flexibility index (Phi) is 6.79. The number of sulfonamides is 1. The maximum Gasteiger partial charge on any atom is 0.338 e. The van der Waals surface area contributed by atoms with Crippen molar-refractivity contribution in [3.8, 4) is 11.8 Å². The van der Waals surface area contributed by atoms with Gasteiger partial charge in [-0.15, -0.1) is 0 Å². The molecule has 142 valence electrons. The molecule has 0 aliphatic rings. The van der Waals surface area contributed by atoms with Crippen LogP contribution in [0.25, 0.3) is 0 Å². The van der Waals surface area contributed by atoms with E-state index in [4.69, 9.17) is 14.7 Å². The zero-order valence-electron chi connectivity index (χ0n) is 15.1. The largest absolute Gasteiger partial charge is 0.495 e. The third-order valence-corrected chi connectivity index (χ3v) is 5.62. The van der Waals surface area contributed by atoms with E-state index in [2.05, 4.69) is 0 Å². The van der Waals surface area contributed by atoms with Gasteiger partial charge < -0.3 is 9.47 Å². The summed E-state index contributed by atoms with van der Waals surface area (Å²) in [5, 5.41) is 8.46. The molecular weight excluding hydrogens is 368 g/mol. The highest BCUT2D eigenvalue weighted by Crippen LogP contribution is 2.30. The Hall–Kier alpha value is -3.05. The fraction of sp³-hybridized carbons (Fsp3) is 0.263. The molecule has 7 nitrogen and oxygen atoms in total. The third-order valence-electron chi connectivity index (χ3n) is 3.84. The third kappa shape index (κ3) is 4.77. The molecule has 0 aliphatic heterocycles. The van der Waals surface area contributed by atoms with Crippen LogP contribution >= 0.6 is 0 Å². The first-order valence-electron chi connectivity index (χ1n) is 8.18. The Balaban J connectivity index is 2.17. The quantitative estimate of drug-likeness (QED) is 0.509. The number of ether oxygens (including phenoxy) is 2. The van der Waals surface area contributed by atoms with Crippen LogP contribution in [0.3, 0.4) is 0 Å². The molecule has 8 heteroatoms. The average molecular weight is 388 g/mol. The second kappa shape index (κ2) is 9.05. The highest BCUT2D eigenvalue weighted by molar-refractivity contribution is 7.92. The lowest BCUT2D eigenvalue weighted by molar-refractivity contribution is 0.0501. The number of hydrogen-bond acceptors (Lipinski definition) is 6. The van der Waals surface area contributed by atoms with Gasteiger partial charge in [-0.25, -0.2) is 13.2 Å². The van der Waals surface area contributed by atoms with E-state index < -0.39 is 16.0 Å². The van der Waals surface area contributed by atoms with Gasteiger partial charge in [-0.3, -0.25) is 4.31 Å². The molecule has 27 heavy (non-hydrogen) atoms. The van der Waals surface area contributed by atoms with Crippen molar-refractivity contribution in [3.63, 3.8) is 0 Å². The summed E-state index contributed by atoms with van der Waals surface area (Å²) < 4.78 is 37.1. The van der Waals surface area contributed by atoms with Gasteiger partial charge in [0.15, 0.2) is 0 Å². The van der Waals surface area contributed by atoms with E-state index >= 15 is 0 Å². The fourth-order valence-electron chi connectivity index (χ4n) is 2.34. The van der Waals surface area contributed by atoms with Crippen LogP contribution < -0.4 is 9.04 Å². The first-order chi connectivity index (χ1) is 12.9. The van der Waals surface area contributed by atoms with Gasteiger partial charge in [0.1, 0.15) is 5.75 Å². The van der Waals surface area contributed by atoms with Crippen LogP contribution in [0.2, 0.25) is 0 Å². The zero-order valence-corrected chi connectivity index (χ0v) is 15.9. The topological polar surface area (TPSA) is 96.7 Å². The number of carbonyl (C=O) groups is 1. The lowest BCUT2D eigenvalue weighted by atomic mass is 10.2. The minimum absolute atomic E-state index is 0.0388. The molecule has 0 fully saturated rings. The number of carbonyl (C=O) groups excluding carboxylic acids is 1. The molecule has 0 heterocycles. The van der Waals surface area contributed by atoms with Crippen molar-refractivity contribution in [2.75, 3.05) is 25.1 Å². The van der Waals surface area contributed by atoms with Crippen molar-refractivity contribution in [1.82, 2.24) is 0 Å². The molecule has 2 aromatic rings. The summed E-state index contributed by atoms with van der Waals surface area (Å²) >= 11 is 0. The van der Waals surface area contributed by atoms with Crippen molar-refractivity contribution in [1.29, 1.82) is 5.26 Å². The second-order valence-electron chi connectivity index (χ2n) is 5.57. The van der Waals surface area contributed by atoms with E-state index in [0.29, 0.717) is 24.3 Å². The number of benzene rings is 2. The van der Waals surface area contributed by atoms with Gasteiger partial charge in [0.05, 0.1) is 35.9 Å². The van der Waals surface area contributed by atoms with Gasteiger partial charge in [0.25, 0.3) is 10.0 Å². The van der Waals surface area contributed by atoms with Crippen LogP contribution in [-0.2, 0) is 14.8 Å². The Labute approximate surface area is 158 Å². The van der Waals surface area contributed by atoms with E-state index in [0.717, 1.165) is 4.31 Å². The molecule has 0 spiro atoms. The first-order valence-corrected chi connectivity index (χ1v) is 9.62. The smallest absolute Gasteiger partial charge is 0.338 e. The molecule has 0 bridgehead atoms. The van der Waals surface area contributed by atoms with E-state index in [1.165, 1.54) is 38.4 Å². The van der Waals surface area contributed by atoms with Gasteiger partial charge in [0.2, 0.25) is 0 Å². The summed E-state index contributed by atoms with van der Waals surface area (Å²) in [6.45, 7) is 0.142. The molecule has 2 rings (SSSR count). The summed E-state index contributed by atoms with van der Waals surface area (Å²) in [6, 6.07) is 14.3. The molecule has 0 atom stereocenters. The minimum atomic E-state index is -3.83. The predicted molar refractivity (Wildman–Crippen MR) is 100 cm³/mol. The van der Waals surface area contributed by atoms with Crippen LogP contribution in [0.1, 0.15) is 23.2 Å². The van der Waals surface area contributed by atoms with Crippen molar-refractivity contribution in [2.24, 2.45) is 0 Å². The number of anilines is 1. The molecule has 0 aliphatic carbocycles. The summed E-state index contributed by atoms with van der Waals surface area (Å²) in [4.78, 5) is 12.0. The molecule has 0 saturated carbocycles. The van der Waals surface area contributed by atoms with E-state index in [1.54, 1.807) is 24.3 Å². The molecule has 0 unspecified atom stereocenters. The summed E-state index contributed by atoms with van der Waals surface area (Å²) in [5.41, 5.74) is 0.645. The molecule has 0 aromatic heterocycles. The molecule has 2 aromatic carbocycles. The number of para-hydroxylation sites is 2. The SMILES string of the molecule is COc1ccccc1N(C)S(=O)(=O)c1ccc(C(=O)OCCCC#N)cc1. The normalized spacial score (nSPS) is 10.7. The van der Waals surface area contributed by atoms with E-state index in [1.807, 2.05) is 6.07 Å². The van der Waals surface area contributed by atoms with Gasteiger partial charge >= 0.3 is 5.97 Å². The second-order valence-corrected chi connectivity index (χ2v) is 7.54. The Bertz CT molecular complexity index is 933. The number of methoxy groups -OCH3 is 1. The predicted octanol–water partition coefficient (Wildman–Crippen LogP) is 2.98. The molecular formula is C19H20N2O5S. The van der Waals surface area contributed by atoms with E-state index in [9.17, 15) is 13.2 Å². The Morgan fingerprint density at radius 2 is 1.81 bits per heavy atom. The number of hydrogen-bond donors (Lipinski definition) is 0. The molecule has 0 radical (unpaired) electrons. The van der Waals surface area contributed by atoms with Gasteiger partial charge in [-0.2, -0.15) is 5.26 Å². The van der Waals surface area contributed by atoms with Gasteiger partial charge in [-0.1, -0.05) is 12.1 Å². The van der Waals surface area contributed by atoms with Crippen LogP contribution in [-0.4, -0.2) is 35.2 Å². The lowest BCUT2D eigenvalue weighted by Crippen LogP contribution is -2.27. The maximum atomic E-state index is 12.8. The van der Waals surface area contributed by atoms with Gasteiger partial charge in [0, 0.05) is 13.5 Å². The van der Waals surface area contributed by atoms with Crippen molar-refractivity contribution < 1.29 is 22.7 Å². The summed E-state index contributed by atoms with van der Waals surface area (Å²) in [5.74, 6) is -0.129. The highest BCUT2D eigenvalue weighted by Gasteiger charge is 2.24. The Morgan fingerprint density at radius 1 is 1.15 bits per heavy atom. The average Bonchev–Trinajstić information content (AvgIpc) is 2.70. The number of esters is 1. The standard InChI is InChI=1S/C19H20N2O5S/c1-21(17-7-3-4-8-18(17)25-2)27(23,24)16-11-9-15(10-12-16)19(22)26-14-6-5-13-20/h3-4,7-12H,5-6,14H2,1-2H3. The van der Waals surface area contributed by atoms with Crippen LogP contribution in [0.15, 0.2) is 53.4 Å². The fourth-order valence-corrected chi connectivity index (χ4v) is 3.55. The van der Waals surface area contributed by atoms with Crippen molar-refractivity contribution in [3.05, 3.63) is 54.1 Å². The molecule has 0 saturated heterocycles.